The van der Waals surface area contributed by atoms with Gasteiger partial charge in [-0.15, -0.1) is 0 Å². The first-order chi connectivity index (χ1) is 16.2. The van der Waals surface area contributed by atoms with E-state index in [2.05, 4.69) is 29.1 Å². The maximum atomic E-state index is 12.2. The quantitative estimate of drug-likeness (QED) is 0.270. The summed E-state index contributed by atoms with van der Waals surface area (Å²) in [6.07, 6.45) is 3.63. The Bertz CT molecular complexity index is 1390. The third kappa shape index (κ3) is 4.71. The van der Waals surface area contributed by atoms with E-state index in [-0.39, 0.29) is 19.6 Å². The lowest BCUT2D eigenvalue weighted by Gasteiger charge is -2.25. The second kappa shape index (κ2) is 9.22. The summed E-state index contributed by atoms with van der Waals surface area (Å²) in [5.41, 5.74) is 5.21. The van der Waals surface area contributed by atoms with Crippen molar-refractivity contribution in [2.24, 2.45) is 5.92 Å². The Morgan fingerprint density at radius 1 is 1.21 bits per heavy atom. The van der Waals surface area contributed by atoms with Crippen LogP contribution in [0.15, 0.2) is 48.7 Å². The fraction of sp³-hybridized carbons (Fsp3) is 0.360. The van der Waals surface area contributed by atoms with Crippen molar-refractivity contribution >= 4 is 26.6 Å². The number of sulfone groups is 1. The molecular formula is C25H27N3O5S. The van der Waals surface area contributed by atoms with E-state index in [4.69, 9.17) is 5.21 Å². The molecular weight excluding hydrogens is 454 g/mol. The number of aromatic nitrogens is 2. The van der Waals surface area contributed by atoms with Crippen LogP contribution in [0.4, 0.5) is 0 Å². The minimum atomic E-state index is -3.77. The Balaban J connectivity index is 1.48. The normalized spacial score (nSPS) is 19.2. The molecule has 0 aliphatic heterocycles. The minimum Gasteiger partial charge on any atom is -0.396 e. The highest BCUT2D eigenvalue weighted by Crippen LogP contribution is 2.46. The van der Waals surface area contributed by atoms with Crippen LogP contribution in [0, 0.1) is 17.8 Å². The summed E-state index contributed by atoms with van der Waals surface area (Å²) in [6, 6.07) is 13.8. The summed E-state index contributed by atoms with van der Waals surface area (Å²) in [4.78, 5) is 12.0. The molecule has 8 nitrogen and oxygen atoms in total. The van der Waals surface area contributed by atoms with E-state index in [1.165, 1.54) is 18.0 Å². The number of benzene rings is 2. The van der Waals surface area contributed by atoms with Gasteiger partial charge in [-0.1, -0.05) is 24.0 Å². The number of carbonyl (C=O) groups excluding carboxylic acids is 1. The first-order valence-electron chi connectivity index (χ1n) is 11.0. The first kappa shape index (κ1) is 24.0. The van der Waals surface area contributed by atoms with Crippen LogP contribution in [0.1, 0.15) is 42.4 Å². The van der Waals surface area contributed by atoms with Crippen LogP contribution in [0.3, 0.4) is 0 Å². The molecule has 0 bridgehead atoms. The molecule has 0 radical (unpaired) electrons. The van der Waals surface area contributed by atoms with E-state index in [1.807, 2.05) is 30.3 Å². The molecule has 1 aliphatic carbocycles. The SMILES string of the molecule is C[C@@](CCn1ncc2cc(C#Cc3ccc([C@H]4C[C@@H]4CO)cc3)ccc21)(C(=O)NO)S(C)(=O)=O. The molecule has 1 aromatic heterocycles. The average molecular weight is 482 g/mol. The van der Waals surface area contributed by atoms with Gasteiger partial charge in [-0.3, -0.25) is 14.7 Å². The maximum Gasteiger partial charge on any atom is 0.264 e. The van der Waals surface area contributed by atoms with Crippen LogP contribution in [-0.2, 0) is 21.2 Å². The van der Waals surface area contributed by atoms with Crippen LogP contribution in [0.5, 0.6) is 0 Å². The number of rotatable bonds is 7. The molecule has 1 heterocycles. The molecule has 0 spiro atoms. The van der Waals surface area contributed by atoms with Gasteiger partial charge in [0.15, 0.2) is 14.6 Å². The van der Waals surface area contributed by atoms with Gasteiger partial charge in [0.1, 0.15) is 0 Å². The van der Waals surface area contributed by atoms with Crippen molar-refractivity contribution < 1.29 is 23.5 Å². The highest BCUT2D eigenvalue weighted by Gasteiger charge is 2.43. The Morgan fingerprint density at radius 2 is 1.88 bits per heavy atom. The lowest BCUT2D eigenvalue weighted by molar-refractivity contribution is -0.131. The van der Waals surface area contributed by atoms with Crippen LogP contribution < -0.4 is 5.48 Å². The van der Waals surface area contributed by atoms with Gasteiger partial charge in [-0.05, 0) is 67.5 Å². The second-order valence-electron chi connectivity index (χ2n) is 8.99. The van der Waals surface area contributed by atoms with Gasteiger partial charge in [0.2, 0.25) is 0 Å². The largest absolute Gasteiger partial charge is 0.396 e. The molecule has 4 rings (SSSR count). The number of hydrogen-bond acceptors (Lipinski definition) is 6. The number of hydroxylamine groups is 1. The van der Waals surface area contributed by atoms with E-state index < -0.39 is 20.5 Å². The minimum absolute atomic E-state index is 0.0491. The molecule has 9 heteroatoms. The number of aryl methyl sites for hydroxylation is 1. The van der Waals surface area contributed by atoms with Gasteiger partial charge in [-0.2, -0.15) is 5.10 Å². The van der Waals surface area contributed by atoms with E-state index in [9.17, 15) is 18.3 Å². The van der Waals surface area contributed by atoms with Crippen molar-refractivity contribution in [3.8, 4) is 11.8 Å². The molecule has 1 aliphatic rings. The van der Waals surface area contributed by atoms with Gasteiger partial charge < -0.3 is 5.11 Å². The molecule has 3 N–H and O–H groups in total. The fourth-order valence-corrected chi connectivity index (χ4v) is 4.91. The van der Waals surface area contributed by atoms with Crippen LogP contribution in [0.2, 0.25) is 0 Å². The van der Waals surface area contributed by atoms with Crippen molar-refractivity contribution in [2.45, 2.75) is 37.0 Å². The molecule has 3 atom stereocenters. The zero-order valence-corrected chi connectivity index (χ0v) is 19.8. The summed E-state index contributed by atoms with van der Waals surface area (Å²) in [7, 11) is -3.77. The van der Waals surface area contributed by atoms with E-state index >= 15 is 0 Å². The van der Waals surface area contributed by atoms with Gasteiger partial charge in [0.05, 0.1) is 11.7 Å². The zero-order chi connectivity index (χ0) is 24.5. The second-order valence-corrected chi connectivity index (χ2v) is 11.4. The Morgan fingerprint density at radius 3 is 2.50 bits per heavy atom. The van der Waals surface area contributed by atoms with E-state index in [0.29, 0.717) is 11.8 Å². The molecule has 0 unspecified atom stereocenters. The molecule has 178 valence electrons. The number of nitrogens with one attached hydrogen (secondary N) is 1. The number of amides is 1. The topological polar surface area (TPSA) is 122 Å². The lowest BCUT2D eigenvalue weighted by Crippen LogP contribution is -2.49. The summed E-state index contributed by atoms with van der Waals surface area (Å²) in [5.74, 6) is 6.19. The lowest BCUT2D eigenvalue weighted by atomic mass is 10.1. The van der Waals surface area contributed by atoms with Crippen LogP contribution in [0.25, 0.3) is 10.9 Å². The summed E-state index contributed by atoms with van der Waals surface area (Å²) < 4.78 is 24.2. The molecule has 0 saturated heterocycles. The Hall–Kier alpha value is -3.19. The van der Waals surface area contributed by atoms with Crippen molar-refractivity contribution in [3.63, 3.8) is 0 Å². The predicted octanol–water partition coefficient (Wildman–Crippen LogP) is 2.23. The number of aliphatic hydroxyl groups is 1. The molecule has 1 fully saturated rings. The summed E-state index contributed by atoms with van der Waals surface area (Å²) in [6.45, 7) is 1.70. The monoisotopic (exact) mass is 481 g/mol. The van der Waals surface area contributed by atoms with Gasteiger partial charge >= 0.3 is 0 Å². The number of carbonyl (C=O) groups is 1. The number of hydrogen-bond donors (Lipinski definition) is 3. The summed E-state index contributed by atoms with van der Waals surface area (Å²) >= 11 is 0. The third-order valence-electron chi connectivity index (χ3n) is 6.69. The number of fused-ring (bicyclic) bond motifs is 1. The summed E-state index contributed by atoms with van der Waals surface area (Å²) in [5, 5.41) is 23.4. The average Bonchev–Trinajstić information content (AvgIpc) is 3.51. The van der Waals surface area contributed by atoms with Gasteiger partial charge in [-0.25, -0.2) is 13.9 Å². The standard InChI is InChI=1S/C25H27N3O5S/c1-25(24(30)27-31,34(2,32)33)11-12-28-23-10-7-18(13-20(23)15-26-28)4-3-17-5-8-19(9-6-17)22-14-21(22)16-29/h5-10,13,15,21-22,29,31H,11-12,14,16H2,1-2H3,(H,27,30)/t21-,22-,25-/m1/s1. The van der Waals surface area contributed by atoms with Gasteiger partial charge in [0.25, 0.3) is 5.91 Å². The molecule has 34 heavy (non-hydrogen) atoms. The highest BCUT2D eigenvalue weighted by atomic mass is 32.2. The molecule has 1 amide bonds. The van der Waals surface area contributed by atoms with Crippen molar-refractivity contribution in [1.29, 1.82) is 0 Å². The van der Waals surface area contributed by atoms with Crippen molar-refractivity contribution in [1.82, 2.24) is 15.3 Å². The number of aliphatic hydroxyl groups excluding tert-OH is 1. The predicted molar refractivity (Wildman–Crippen MR) is 128 cm³/mol. The zero-order valence-electron chi connectivity index (χ0n) is 19.0. The first-order valence-corrected chi connectivity index (χ1v) is 12.9. The fourth-order valence-electron chi connectivity index (χ4n) is 4.06. The molecule has 1 saturated carbocycles. The van der Waals surface area contributed by atoms with Crippen molar-refractivity contribution in [3.05, 3.63) is 65.4 Å². The number of nitrogens with zero attached hydrogens (tertiary/aromatic N) is 2. The highest BCUT2D eigenvalue weighted by molar-refractivity contribution is 7.92. The van der Waals surface area contributed by atoms with Crippen LogP contribution >= 0.6 is 0 Å². The van der Waals surface area contributed by atoms with E-state index in [1.54, 1.807) is 10.9 Å². The maximum absolute atomic E-state index is 12.2. The smallest absolute Gasteiger partial charge is 0.264 e. The van der Waals surface area contributed by atoms with Crippen LogP contribution in [-0.4, -0.2) is 52.0 Å². The molecule has 2 aromatic carbocycles. The third-order valence-corrected chi connectivity index (χ3v) is 8.72. The van der Waals surface area contributed by atoms with Gasteiger partial charge in [0, 0.05) is 35.9 Å². The van der Waals surface area contributed by atoms with E-state index in [0.717, 1.165) is 34.7 Å². The molecule has 3 aromatic rings. The Kier molecular flexibility index (Phi) is 6.49. The van der Waals surface area contributed by atoms with Crippen molar-refractivity contribution in [2.75, 3.05) is 12.9 Å². The Labute approximate surface area is 198 Å².